The van der Waals surface area contributed by atoms with E-state index in [0.29, 0.717) is 18.7 Å². The summed E-state index contributed by atoms with van der Waals surface area (Å²) in [5, 5.41) is 2.83. The molecule has 0 bridgehead atoms. The Balaban J connectivity index is 1.52. The van der Waals surface area contributed by atoms with Crippen LogP contribution in [0.15, 0.2) is 53.4 Å². The number of pyridine rings is 1. The molecule has 0 aliphatic heterocycles. The van der Waals surface area contributed by atoms with Crippen molar-refractivity contribution in [2.24, 2.45) is 0 Å². The van der Waals surface area contributed by atoms with E-state index in [9.17, 15) is 4.79 Å². The quantitative estimate of drug-likeness (QED) is 0.736. The predicted octanol–water partition coefficient (Wildman–Crippen LogP) is 2.61. The number of rotatable bonds is 5. The van der Waals surface area contributed by atoms with E-state index in [4.69, 9.17) is 4.42 Å². The first-order chi connectivity index (χ1) is 10.7. The van der Waals surface area contributed by atoms with Crippen LogP contribution in [0.4, 0.5) is 0 Å². The standard InChI is InChI=1S/C17H17N3O2/c1-13-4-6-16-19-14(12-20(16)11-13)8-9-18-17(21)7-5-15-3-2-10-22-15/h2-7,10-12H,8-9H2,1H3,(H,18,21)/b7-5+. The molecule has 0 aromatic carbocycles. The van der Waals surface area contributed by atoms with Gasteiger partial charge in [0.2, 0.25) is 5.91 Å². The number of amides is 1. The van der Waals surface area contributed by atoms with Crippen LogP contribution in [0, 0.1) is 6.92 Å². The molecule has 112 valence electrons. The fraction of sp³-hybridized carbons (Fsp3) is 0.176. The van der Waals surface area contributed by atoms with Crippen LogP contribution < -0.4 is 5.32 Å². The van der Waals surface area contributed by atoms with Crippen molar-refractivity contribution >= 4 is 17.6 Å². The van der Waals surface area contributed by atoms with Gasteiger partial charge in [0.25, 0.3) is 0 Å². The molecular formula is C17H17N3O2. The molecule has 3 rings (SSSR count). The number of fused-ring (bicyclic) bond motifs is 1. The van der Waals surface area contributed by atoms with Crippen molar-refractivity contribution in [3.63, 3.8) is 0 Å². The van der Waals surface area contributed by atoms with Gasteiger partial charge in [0.05, 0.1) is 12.0 Å². The van der Waals surface area contributed by atoms with E-state index in [0.717, 1.165) is 11.3 Å². The molecule has 3 aromatic rings. The zero-order chi connectivity index (χ0) is 15.4. The molecule has 0 fully saturated rings. The lowest BCUT2D eigenvalue weighted by Crippen LogP contribution is -2.23. The molecule has 3 aromatic heterocycles. The lowest BCUT2D eigenvalue weighted by molar-refractivity contribution is -0.116. The monoisotopic (exact) mass is 295 g/mol. The third-order valence-corrected chi connectivity index (χ3v) is 3.27. The van der Waals surface area contributed by atoms with E-state index < -0.39 is 0 Å². The van der Waals surface area contributed by atoms with Gasteiger partial charge in [-0.25, -0.2) is 4.98 Å². The summed E-state index contributed by atoms with van der Waals surface area (Å²) in [7, 11) is 0. The van der Waals surface area contributed by atoms with E-state index in [1.807, 2.05) is 35.9 Å². The van der Waals surface area contributed by atoms with Crippen molar-refractivity contribution < 1.29 is 9.21 Å². The topological polar surface area (TPSA) is 59.5 Å². The number of furan rings is 1. The summed E-state index contributed by atoms with van der Waals surface area (Å²) in [4.78, 5) is 16.2. The van der Waals surface area contributed by atoms with E-state index in [-0.39, 0.29) is 5.91 Å². The molecule has 0 saturated heterocycles. The van der Waals surface area contributed by atoms with Gasteiger partial charge in [0, 0.05) is 31.4 Å². The third-order valence-electron chi connectivity index (χ3n) is 3.27. The molecule has 0 saturated carbocycles. The van der Waals surface area contributed by atoms with Gasteiger partial charge in [-0.15, -0.1) is 0 Å². The average molecular weight is 295 g/mol. The number of hydrogen-bond acceptors (Lipinski definition) is 3. The van der Waals surface area contributed by atoms with Crippen molar-refractivity contribution in [2.75, 3.05) is 6.54 Å². The summed E-state index contributed by atoms with van der Waals surface area (Å²) in [6.07, 6.45) is 9.41. The lowest BCUT2D eigenvalue weighted by Gasteiger charge is -1.99. The highest BCUT2D eigenvalue weighted by molar-refractivity contribution is 5.91. The minimum absolute atomic E-state index is 0.143. The maximum absolute atomic E-state index is 11.7. The van der Waals surface area contributed by atoms with E-state index in [1.165, 1.54) is 11.6 Å². The van der Waals surface area contributed by atoms with Gasteiger partial charge in [-0.1, -0.05) is 6.07 Å². The summed E-state index contributed by atoms with van der Waals surface area (Å²) >= 11 is 0. The van der Waals surface area contributed by atoms with Gasteiger partial charge in [0.15, 0.2) is 0 Å². The molecule has 1 N–H and O–H groups in total. The number of carbonyl (C=O) groups excluding carboxylic acids is 1. The van der Waals surface area contributed by atoms with Crippen LogP contribution in [0.25, 0.3) is 11.7 Å². The van der Waals surface area contributed by atoms with Crippen LogP contribution in [-0.4, -0.2) is 21.8 Å². The molecular weight excluding hydrogens is 278 g/mol. The predicted molar refractivity (Wildman–Crippen MR) is 84.4 cm³/mol. The first-order valence-electron chi connectivity index (χ1n) is 7.14. The van der Waals surface area contributed by atoms with Gasteiger partial charge in [-0.2, -0.15) is 0 Å². The zero-order valence-electron chi connectivity index (χ0n) is 12.3. The minimum Gasteiger partial charge on any atom is -0.465 e. The Morgan fingerprint density at radius 1 is 1.36 bits per heavy atom. The first kappa shape index (κ1) is 14.1. The SMILES string of the molecule is Cc1ccc2nc(CCNC(=O)/C=C/c3ccco3)cn2c1. The second-order valence-corrected chi connectivity index (χ2v) is 5.09. The number of carbonyl (C=O) groups is 1. The zero-order valence-corrected chi connectivity index (χ0v) is 12.3. The van der Waals surface area contributed by atoms with Crippen molar-refractivity contribution in [1.29, 1.82) is 0 Å². The molecule has 5 heteroatoms. The van der Waals surface area contributed by atoms with Crippen LogP contribution in [-0.2, 0) is 11.2 Å². The van der Waals surface area contributed by atoms with Gasteiger partial charge >= 0.3 is 0 Å². The van der Waals surface area contributed by atoms with Gasteiger partial charge in [-0.05, 0) is 36.8 Å². The molecule has 3 heterocycles. The second-order valence-electron chi connectivity index (χ2n) is 5.09. The molecule has 0 aliphatic carbocycles. The number of nitrogens with one attached hydrogen (secondary N) is 1. The molecule has 0 aliphatic rings. The number of nitrogens with zero attached hydrogens (tertiary/aromatic N) is 2. The van der Waals surface area contributed by atoms with Crippen molar-refractivity contribution in [3.05, 3.63) is 66.0 Å². The molecule has 0 radical (unpaired) electrons. The summed E-state index contributed by atoms with van der Waals surface area (Å²) in [6.45, 7) is 2.59. The lowest BCUT2D eigenvalue weighted by atomic mass is 10.3. The van der Waals surface area contributed by atoms with Crippen LogP contribution in [0.2, 0.25) is 0 Å². The number of aryl methyl sites for hydroxylation is 1. The molecule has 22 heavy (non-hydrogen) atoms. The van der Waals surface area contributed by atoms with Crippen molar-refractivity contribution in [3.8, 4) is 0 Å². The highest BCUT2D eigenvalue weighted by atomic mass is 16.3. The maximum atomic E-state index is 11.7. The first-order valence-corrected chi connectivity index (χ1v) is 7.14. The van der Waals surface area contributed by atoms with E-state index in [1.54, 1.807) is 24.5 Å². The van der Waals surface area contributed by atoms with E-state index >= 15 is 0 Å². The Kier molecular flexibility index (Phi) is 4.05. The van der Waals surface area contributed by atoms with Crippen molar-refractivity contribution in [2.45, 2.75) is 13.3 Å². The summed E-state index contributed by atoms with van der Waals surface area (Å²) in [5.74, 6) is 0.516. The van der Waals surface area contributed by atoms with Gasteiger partial charge < -0.3 is 14.1 Å². The van der Waals surface area contributed by atoms with Crippen LogP contribution in [0.5, 0.6) is 0 Å². The smallest absolute Gasteiger partial charge is 0.244 e. The van der Waals surface area contributed by atoms with Gasteiger partial charge in [-0.3, -0.25) is 4.79 Å². The van der Waals surface area contributed by atoms with Gasteiger partial charge in [0.1, 0.15) is 11.4 Å². The average Bonchev–Trinajstić information content (AvgIpc) is 3.13. The number of aromatic nitrogens is 2. The number of imidazole rings is 1. The fourth-order valence-corrected chi connectivity index (χ4v) is 2.19. The van der Waals surface area contributed by atoms with E-state index in [2.05, 4.69) is 10.3 Å². The molecule has 0 unspecified atom stereocenters. The third kappa shape index (κ3) is 3.44. The highest BCUT2D eigenvalue weighted by Crippen LogP contribution is 2.07. The summed E-state index contributed by atoms with van der Waals surface area (Å²) < 4.78 is 7.12. The van der Waals surface area contributed by atoms with Crippen LogP contribution in [0.1, 0.15) is 17.0 Å². The Morgan fingerprint density at radius 2 is 2.27 bits per heavy atom. The highest BCUT2D eigenvalue weighted by Gasteiger charge is 2.02. The van der Waals surface area contributed by atoms with Crippen LogP contribution >= 0.6 is 0 Å². The molecule has 0 spiro atoms. The Morgan fingerprint density at radius 3 is 3.09 bits per heavy atom. The summed E-state index contributed by atoms with van der Waals surface area (Å²) in [6, 6.07) is 7.60. The maximum Gasteiger partial charge on any atom is 0.244 e. The Bertz CT molecular complexity index is 801. The molecule has 1 amide bonds. The Labute approximate surface area is 128 Å². The molecule has 5 nitrogen and oxygen atoms in total. The Hall–Kier alpha value is -2.82. The second kappa shape index (κ2) is 6.30. The number of hydrogen-bond donors (Lipinski definition) is 1. The fourth-order valence-electron chi connectivity index (χ4n) is 2.19. The molecule has 0 atom stereocenters. The minimum atomic E-state index is -0.143. The summed E-state index contributed by atoms with van der Waals surface area (Å²) in [5.41, 5.74) is 3.07. The normalized spacial score (nSPS) is 11.3. The van der Waals surface area contributed by atoms with Crippen molar-refractivity contribution in [1.82, 2.24) is 14.7 Å². The van der Waals surface area contributed by atoms with Crippen LogP contribution in [0.3, 0.4) is 0 Å². The largest absolute Gasteiger partial charge is 0.465 e.